The van der Waals surface area contributed by atoms with Crippen LogP contribution in [0.25, 0.3) is 0 Å². The number of hydrogen-bond donors (Lipinski definition) is 1. The first kappa shape index (κ1) is 19.3. The molecule has 2 rings (SSSR count). The number of esters is 1. The fourth-order valence-electron chi connectivity index (χ4n) is 1.96. The number of benzene rings is 2. The first-order chi connectivity index (χ1) is 12.4. The monoisotopic (exact) mass is 372 g/mol. The van der Waals surface area contributed by atoms with Crippen molar-refractivity contribution in [1.29, 1.82) is 5.26 Å². The SMILES string of the molecule is C[C@H](OC(=O)[C@H](C)Oc1ccc(Cl)cc1)C(=O)Nc1ccc(C#N)cc1. The van der Waals surface area contributed by atoms with E-state index in [4.69, 9.17) is 26.3 Å². The smallest absolute Gasteiger partial charge is 0.347 e. The largest absolute Gasteiger partial charge is 0.479 e. The molecule has 0 aliphatic rings. The average Bonchev–Trinajstić information content (AvgIpc) is 2.64. The average molecular weight is 373 g/mol. The van der Waals surface area contributed by atoms with Crippen LogP contribution >= 0.6 is 11.6 Å². The van der Waals surface area contributed by atoms with Crippen molar-refractivity contribution in [3.63, 3.8) is 0 Å². The van der Waals surface area contributed by atoms with Crippen LogP contribution in [0.4, 0.5) is 5.69 Å². The third-order valence-electron chi connectivity index (χ3n) is 3.40. The molecule has 0 bridgehead atoms. The van der Waals surface area contributed by atoms with Crippen molar-refractivity contribution < 1.29 is 19.1 Å². The quantitative estimate of drug-likeness (QED) is 0.783. The Labute approximate surface area is 156 Å². The van der Waals surface area contributed by atoms with E-state index in [1.807, 2.05) is 6.07 Å². The van der Waals surface area contributed by atoms with Gasteiger partial charge < -0.3 is 14.8 Å². The fraction of sp³-hybridized carbons (Fsp3) is 0.211. The van der Waals surface area contributed by atoms with E-state index in [1.165, 1.54) is 13.8 Å². The zero-order valence-corrected chi connectivity index (χ0v) is 15.0. The molecule has 1 N–H and O–H groups in total. The Morgan fingerprint density at radius 3 is 2.23 bits per heavy atom. The molecule has 0 spiro atoms. The van der Waals surface area contributed by atoms with Gasteiger partial charge in [-0.1, -0.05) is 11.6 Å². The topological polar surface area (TPSA) is 88.4 Å². The maximum atomic E-state index is 12.1. The van der Waals surface area contributed by atoms with Crippen molar-refractivity contribution >= 4 is 29.2 Å². The van der Waals surface area contributed by atoms with Gasteiger partial charge in [0.15, 0.2) is 12.2 Å². The molecule has 0 heterocycles. The predicted molar refractivity (Wildman–Crippen MR) is 96.9 cm³/mol. The third-order valence-corrected chi connectivity index (χ3v) is 3.65. The van der Waals surface area contributed by atoms with Crippen LogP contribution in [0, 0.1) is 11.3 Å². The highest BCUT2D eigenvalue weighted by molar-refractivity contribution is 6.30. The minimum Gasteiger partial charge on any atom is -0.479 e. The number of carbonyl (C=O) groups is 2. The van der Waals surface area contributed by atoms with E-state index in [0.717, 1.165) is 0 Å². The molecule has 0 unspecified atom stereocenters. The van der Waals surface area contributed by atoms with Crippen LogP contribution in [0.2, 0.25) is 5.02 Å². The van der Waals surface area contributed by atoms with Crippen LogP contribution in [0.5, 0.6) is 5.75 Å². The van der Waals surface area contributed by atoms with Gasteiger partial charge in [-0.05, 0) is 62.4 Å². The molecule has 1 amide bonds. The summed E-state index contributed by atoms with van der Waals surface area (Å²) in [4.78, 5) is 24.2. The number of halogens is 1. The number of carbonyl (C=O) groups excluding carboxylic acids is 2. The second-order valence-corrected chi connectivity index (χ2v) is 5.91. The van der Waals surface area contributed by atoms with Gasteiger partial charge in [0, 0.05) is 10.7 Å². The van der Waals surface area contributed by atoms with Crippen molar-refractivity contribution in [3.05, 3.63) is 59.1 Å². The highest BCUT2D eigenvalue weighted by Crippen LogP contribution is 2.17. The first-order valence-corrected chi connectivity index (χ1v) is 8.20. The molecule has 6 nitrogen and oxygen atoms in total. The predicted octanol–water partition coefficient (Wildman–Crippen LogP) is 3.55. The van der Waals surface area contributed by atoms with E-state index in [2.05, 4.69) is 5.32 Å². The lowest BCUT2D eigenvalue weighted by molar-refractivity contribution is -0.159. The molecule has 0 fully saturated rings. The van der Waals surface area contributed by atoms with Gasteiger partial charge in [0.25, 0.3) is 5.91 Å². The number of anilines is 1. The highest BCUT2D eigenvalue weighted by atomic mass is 35.5. The van der Waals surface area contributed by atoms with Gasteiger partial charge in [-0.2, -0.15) is 5.26 Å². The molecule has 2 atom stereocenters. The lowest BCUT2D eigenvalue weighted by Gasteiger charge is -2.18. The summed E-state index contributed by atoms with van der Waals surface area (Å²) >= 11 is 5.79. The van der Waals surface area contributed by atoms with E-state index in [9.17, 15) is 9.59 Å². The van der Waals surface area contributed by atoms with Crippen LogP contribution in [0.1, 0.15) is 19.4 Å². The van der Waals surface area contributed by atoms with Crippen LogP contribution in [-0.2, 0) is 14.3 Å². The molecule has 26 heavy (non-hydrogen) atoms. The van der Waals surface area contributed by atoms with E-state index in [-0.39, 0.29) is 0 Å². The van der Waals surface area contributed by atoms with Crippen molar-refractivity contribution in [2.24, 2.45) is 0 Å². The number of amides is 1. The summed E-state index contributed by atoms with van der Waals surface area (Å²) in [7, 11) is 0. The van der Waals surface area contributed by atoms with E-state index in [1.54, 1.807) is 48.5 Å². The summed E-state index contributed by atoms with van der Waals surface area (Å²) in [5.74, 6) is -0.683. The summed E-state index contributed by atoms with van der Waals surface area (Å²) in [5.41, 5.74) is 0.984. The molecule has 7 heteroatoms. The number of hydrogen-bond acceptors (Lipinski definition) is 5. The van der Waals surface area contributed by atoms with Crippen LogP contribution in [0.3, 0.4) is 0 Å². The first-order valence-electron chi connectivity index (χ1n) is 7.83. The normalized spacial score (nSPS) is 12.4. The molecular formula is C19H17ClN2O4. The lowest BCUT2D eigenvalue weighted by atomic mass is 10.2. The maximum absolute atomic E-state index is 12.1. The van der Waals surface area contributed by atoms with E-state index < -0.39 is 24.1 Å². The highest BCUT2D eigenvalue weighted by Gasteiger charge is 2.23. The molecule has 0 aliphatic heterocycles. The van der Waals surface area contributed by atoms with Gasteiger partial charge in [0.1, 0.15) is 5.75 Å². The molecular weight excluding hydrogens is 356 g/mol. The summed E-state index contributed by atoms with van der Waals surface area (Å²) in [6, 6.07) is 14.9. The number of nitriles is 1. The zero-order chi connectivity index (χ0) is 19.1. The third kappa shape index (κ3) is 5.50. The molecule has 0 radical (unpaired) electrons. The van der Waals surface area contributed by atoms with Gasteiger partial charge in [-0.3, -0.25) is 4.79 Å². The molecule has 0 saturated heterocycles. The number of nitrogens with zero attached hydrogens (tertiary/aromatic N) is 1. The number of nitrogens with one attached hydrogen (secondary N) is 1. The summed E-state index contributed by atoms with van der Waals surface area (Å²) in [6.07, 6.45) is -1.89. The van der Waals surface area contributed by atoms with Gasteiger partial charge >= 0.3 is 5.97 Å². The minimum absolute atomic E-state index is 0.466. The van der Waals surface area contributed by atoms with Gasteiger partial charge in [-0.15, -0.1) is 0 Å². The number of ether oxygens (including phenoxy) is 2. The van der Waals surface area contributed by atoms with Crippen LogP contribution in [0.15, 0.2) is 48.5 Å². The summed E-state index contributed by atoms with van der Waals surface area (Å²) < 4.78 is 10.6. The van der Waals surface area contributed by atoms with Crippen molar-refractivity contribution in [2.75, 3.05) is 5.32 Å². The van der Waals surface area contributed by atoms with Crippen LogP contribution in [-0.4, -0.2) is 24.1 Å². The van der Waals surface area contributed by atoms with Gasteiger partial charge in [0.05, 0.1) is 11.6 Å². The summed E-state index contributed by atoms with van der Waals surface area (Å²) in [6.45, 7) is 2.99. The Hall–Kier alpha value is -3.04. The molecule has 2 aromatic carbocycles. The Balaban J connectivity index is 1.87. The Bertz CT molecular complexity index is 813. The molecule has 134 valence electrons. The lowest BCUT2D eigenvalue weighted by Crippen LogP contribution is -2.35. The van der Waals surface area contributed by atoms with Gasteiger partial charge in [-0.25, -0.2) is 4.79 Å². The fourth-order valence-corrected chi connectivity index (χ4v) is 2.09. The molecule has 2 aromatic rings. The van der Waals surface area contributed by atoms with Crippen molar-refractivity contribution in [1.82, 2.24) is 0 Å². The second-order valence-electron chi connectivity index (χ2n) is 5.47. The molecule has 0 aromatic heterocycles. The number of rotatable bonds is 6. The van der Waals surface area contributed by atoms with E-state index >= 15 is 0 Å². The Morgan fingerprint density at radius 2 is 1.65 bits per heavy atom. The van der Waals surface area contributed by atoms with Gasteiger partial charge in [0.2, 0.25) is 0 Å². The Morgan fingerprint density at radius 1 is 1.04 bits per heavy atom. The summed E-state index contributed by atoms with van der Waals surface area (Å²) in [5, 5.41) is 11.9. The van der Waals surface area contributed by atoms with Crippen LogP contribution < -0.4 is 10.1 Å². The molecule has 0 aliphatic carbocycles. The minimum atomic E-state index is -1.01. The van der Waals surface area contributed by atoms with Crippen molar-refractivity contribution in [3.8, 4) is 11.8 Å². The Kier molecular flexibility index (Phi) is 6.59. The second kappa shape index (κ2) is 8.88. The zero-order valence-electron chi connectivity index (χ0n) is 14.2. The molecule has 0 saturated carbocycles. The maximum Gasteiger partial charge on any atom is 0.347 e. The standard InChI is InChI=1S/C19H17ClN2O4/c1-12(18(23)22-16-7-3-14(11-21)4-8-16)26-19(24)13(2)25-17-9-5-15(20)6-10-17/h3-10,12-13H,1-2H3,(H,22,23)/t12-,13-/m0/s1. The van der Waals surface area contributed by atoms with E-state index in [0.29, 0.717) is 22.0 Å². The van der Waals surface area contributed by atoms with Crippen molar-refractivity contribution in [2.45, 2.75) is 26.1 Å².